The van der Waals surface area contributed by atoms with Crippen molar-refractivity contribution in [2.45, 2.75) is 32.2 Å². The molecule has 0 aliphatic carbocycles. The molecule has 1 amide bonds. The Bertz CT molecular complexity index is 901. The molecule has 3 aliphatic rings. The maximum atomic E-state index is 13.0. The molecular formula is C21H25N3O4S2. The molecule has 0 saturated carbocycles. The molecule has 160 valence electrons. The van der Waals surface area contributed by atoms with Crippen molar-refractivity contribution in [2.24, 2.45) is 4.99 Å². The summed E-state index contributed by atoms with van der Waals surface area (Å²) in [5, 5.41) is 4.77. The van der Waals surface area contributed by atoms with Gasteiger partial charge in [-0.05, 0) is 36.6 Å². The molecule has 4 rings (SSSR count). The molecule has 0 aromatic carbocycles. The van der Waals surface area contributed by atoms with Crippen molar-refractivity contribution in [3.8, 4) is 0 Å². The first-order valence-electron chi connectivity index (χ1n) is 10.0. The van der Waals surface area contributed by atoms with Gasteiger partial charge < -0.3 is 19.3 Å². The fourth-order valence-electron chi connectivity index (χ4n) is 3.88. The summed E-state index contributed by atoms with van der Waals surface area (Å²) in [5.74, 6) is -0.270. The summed E-state index contributed by atoms with van der Waals surface area (Å²) in [5.41, 5.74) is 2.04. The zero-order chi connectivity index (χ0) is 21.1. The summed E-state index contributed by atoms with van der Waals surface area (Å²) >= 11 is 3.08. The highest BCUT2D eigenvalue weighted by molar-refractivity contribution is 8.16. The summed E-state index contributed by atoms with van der Waals surface area (Å²) in [4.78, 5) is 35.4. The molecule has 4 heterocycles. The summed E-state index contributed by atoms with van der Waals surface area (Å²) in [7, 11) is 1.57. The van der Waals surface area contributed by atoms with E-state index >= 15 is 0 Å². The van der Waals surface area contributed by atoms with Gasteiger partial charge in [-0.25, -0.2) is 9.79 Å². The molecule has 1 unspecified atom stereocenters. The standard InChI is InChI=1S/C21H25N3O4S2/c1-14-18(20(26)28-10-9-27-2)19(16-6-5-11-29-16)24-15(13-30-21(24)22-14)12-17(25)23-7-3-4-8-23/h5-6,11,13,19H,3-4,7-10,12H2,1-2H3. The molecule has 9 heteroatoms. The van der Waals surface area contributed by atoms with Crippen LogP contribution in [0, 0.1) is 0 Å². The Morgan fingerprint density at radius 1 is 1.27 bits per heavy atom. The van der Waals surface area contributed by atoms with E-state index in [1.165, 1.54) is 11.8 Å². The Balaban J connectivity index is 1.63. The van der Waals surface area contributed by atoms with Gasteiger partial charge in [-0.3, -0.25) is 4.79 Å². The maximum absolute atomic E-state index is 13.0. The molecule has 1 aromatic heterocycles. The topological polar surface area (TPSA) is 71.4 Å². The van der Waals surface area contributed by atoms with E-state index in [0.29, 0.717) is 24.3 Å². The van der Waals surface area contributed by atoms with Crippen molar-refractivity contribution in [2.75, 3.05) is 33.4 Å². The summed E-state index contributed by atoms with van der Waals surface area (Å²) in [6.07, 6.45) is 2.43. The number of rotatable bonds is 7. The third-order valence-electron chi connectivity index (χ3n) is 5.34. The normalized spacial score (nSPS) is 20.9. The largest absolute Gasteiger partial charge is 0.460 e. The van der Waals surface area contributed by atoms with Crippen LogP contribution in [0.3, 0.4) is 0 Å². The number of amidine groups is 1. The second-order valence-corrected chi connectivity index (χ2v) is 9.12. The van der Waals surface area contributed by atoms with Crippen LogP contribution in [0.25, 0.3) is 0 Å². The smallest absolute Gasteiger partial charge is 0.338 e. The van der Waals surface area contributed by atoms with E-state index in [-0.39, 0.29) is 18.6 Å². The minimum atomic E-state index is -0.395. The Morgan fingerprint density at radius 3 is 2.77 bits per heavy atom. The van der Waals surface area contributed by atoms with Crippen molar-refractivity contribution in [3.63, 3.8) is 0 Å². The predicted octanol–water partition coefficient (Wildman–Crippen LogP) is 3.53. The lowest BCUT2D eigenvalue weighted by atomic mass is 9.99. The van der Waals surface area contributed by atoms with Crippen LogP contribution < -0.4 is 0 Å². The van der Waals surface area contributed by atoms with E-state index in [9.17, 15) is 9.59 Å². The number of hydrogen-bond donors (Lipinski definition) is 0. The number of fused-ring (bicyclic) bond motifs is 1. The highest BCUT2D eigenvalue weighted by atomic mass is 32.2. The third kappa shape index (κ3) is 4.19. The van der Waals surface area contributed by atoms with Gasteiger partial charge >= 0.3 is 5.97 Å². The number of carbonyl (C=O) groups excluding carboxylic acids is 2. The molecule has 1 fully saturated rings. The molecule has 1 saturated heterocycles. The van der Waals surface area contributed by atoms with Crippen molar-refractivity contribution in [1.29, 1.82) is 0 Å². The quantitative estimate of drug-likeness (QED) is 0.470. The molecule has 0 N–H and O–H groups in total. The Labute approximate surface area is 184 Å². The number of amides is 1. The van der Waals surface area contributed by atoms with Crippen LogP contribution in [0.2, 0.25) is 0 Å². The molecule has 30 heavy (non-hydrogen) atoms. The molecule has 0 radical (unpaired) electrons. The van der Waals surface area contributed by atoms with Gasteiger partial charge in [0, 0.05) is 30.8 Å². The molecule has 0 bridgehead atoms. The van der Waals surface area contributed by atoms with Crippen LogP contribution in [0.15, 0.2) is 44.9 Å². The van der Waals surface area contributed by atoms with E-state index in [4.69, 9.17) is 9.47 Å². The van der Waals surface area contributed by atoms with Gasteiger partial charge in [-0.15, -0.1) is 11.3 Å². The summed E-state index contributed by atoms with van der Waals surface area (Å²) in [6.45, 7) is 4.01. The number of likely N-dealkylation sites (tertiary alicyclic amines) is 1. The van der Waals surface area contributed by atoms with Crippen LogP contribution >= 0.6 is 23.1 Å². The van der Waals surface area contributed by atoms with Crippen LogP contribution in [0.1, 0.15) is 37.1 Å². The van der Waals surface area contributed by atoms with E-state index < -0.39 is 5.97 Å². The van der Waals surface area contributed by atoms with E-state index in [1.807, 2.05) is 39.6 Å². The third-order valence-corrected chi connectivity index (χ3v) is 7.16. The summed E-state index contributed by atoms with van der Waals surface area (Å²) < 4.78 is 10.5. The second-order valence-electron chi connectivity index (χ2n) is 7.30. The zero-order valence-corrected chi connectivity index (χ0v) is 18.8. The van der Waals surface area contributed by atoms with Crippen molar-refractivity contribution in [1.82, 2.24) is 9.80 Å². The number of methoxy groups -OCH3 is 1. The van der Waals surface area contributed by atoms with Crippen LogP contribution in [-0.4, -0.2) is 60.3 Å². The average molecular weight is 448 g/mol. The van der Waals surface area contributed by atoms with Gasteiger partial charge in [-0.2, -0.15) is 0 Å². The van der Waals surface area contributed by atoms with Crippen molar-refractivity contribution in [3.05, 3.63) is 44.8 Å². The first-order chi connectivity index (χ1) is 14.6. The second kappa shape index (κ2) is 9.36. The number of ether oxygens (including phenoxy) is 2. The number of thioether (sulfide) groups is 1. The monoisotopic (exact) mass is 447 g/mol. The number of aliphatic imine (C=N–C) groups is 1. The summed E-state index contributed by atoms with van der Waals surface area (Å²) in [6, 6.07) is 3.63. The highest BCUT2D eigenvalue weighted by Gasteiger charge is 2.42. The van der Waals surface area contributed by atoms with Gasteiger partial charge in [-0.1, -0.05) is 17.8 Å². The Hall–Kier alpha value is -2.10. The Morgan fingerprint density at radius 2 is 2.07 bits per heavy atom. The first kappa shape index (κ1) is 21.1. The number of hydrogen-bond acceptors (Lipinski definition) is 8. The van der Waals surface area contributed by atoms with Gasteiger partial charge in [0.2, 0.25) is 5.91 Å². The average Bonchev–Trinajstić information content (AvgIpc) is 3.49. The molecular weight excluding hydrogens is 422 g/mol. The zero-order valence-electron chi connectivity index (χ0n) is 17.1. The van der Waals surface area contributed by atoms with Gasteiger partial charge in [0.15, 0.2) is 5.17 Å². The molecule has 0 spiro atoms. The Kier molecular flexibility index (Phi) is 6.60. The van der Waals surface area contributed by atoms with Gasteiger partial charge in [0.1, 0.15) is 12.6 Å². The fourth-order valence-corrected chi connectivity index (χ4v) is 5.66. The van der Waals surface area contributed by atoms with E-state index in [2.05, 4.69) is 4.99 Å². The van der Waals surface area contributed by atoms with Crippen molar-refractivity contribution >= 4 is 40.1 Å². The van der Waals surface area contributed by atoms with Gasteiger partial charge in [0.25, 0.3) is 0 Å². The van der Waals surface area contributed by atoms with Crippen molar-refractivity contribution < 1.29 is 19.1 Å². The SMILES string of the molecule is COCCOC(=O)C1=C(C)N=C2SC=C(CC(=O)N3CCCC3)N2C1c1cccs1. The lowest BCUT2D eigenvalue weighted by molar-refractivity contribution is -0.141. The first-order valence-corrected chi connectivity index (χ1v) is 11.8. The molecule has 1 atom stereocenters. The fraction of sp³-hybridized carbons (Fsp3) is 0.476. The lowest BCUT2D eigenvalue weighted by Gasteiger charge is -2.35. The highest BCUT2D eigenvalue weighted by Crippen LogP contribution is 2.46. The number of allylic oxidation sites excluding steroid dienone is 1. The minimum absolute atomic E-state index is 0.126. The number of thiophene rings is 1. The number of esters is 1. The van der Waals surface area contributed by atoms with E-state index in [0.717, 1.165) is 41.7 Å². The lowest BCUT2D eigenvalue weighted by Crippen LogP contribution is -2.38. The molecule has 3 aliphatic heterocycles. The van der Waals surface area contributed by atoms with Crippen LogP contribution in [0.5, 0.6) is 0 Å². The number of carbonyl (C=O) groups is 2. The van der Waals surface area contributed by atoms with Gasteiger partial charge in [0.05, 0.1) is 24.3 Å². The van der Waals surface area contributed by atoms with E-state index in [1.54, 1.807) is 18.4 Å². The maximum Gasteiger partial charge on any atom is 0.338 e. The predicted molar refractivity (Wildman–Crippen MR) is 118 cm³/mol. The number of nitrogens with zero attached hydrogens (tertiary/aromatic N) is 3. The molecule has 1 aromatic rings. The van der Waals surface area contributed by atoms with Crippen LogP contribution in [0.4, 0.5) is 0 Å². The molecule has 7 nitrogen and oxygen atoms in total. The minimum Gasteiger partial charge on any atom is -0.460 e. The van der Waals surface area contributed by atoms with Crippen LogP contribution in [-0.2, 0) is 19.1 Å².